The van der Waals surface area contributed by atoms with E-state index < -0.39 is 6.10 Å². The van der Waals surface area contributed by atoms with Crippen LogP contribution in [0.2, 0.25) is 0 Å². The summed E-state index contributed by atoms with van der Waals surface area (Å²) in [6, 6.07) is 7.73. The number of hydrogen-bond donors (Lipinski definition) is 3. The number of nitrogens with one attached hydrogen (secondary N) is 1. The first kappa shape index (κ1) is 15.0. The van der Waals surface area contributed by atoms with Crippen molar-refractivity contribution >= 4 is 0 Å². The van der Waals surface area contributed by atoms with Crippen molar-refractivity contribution < 1.29 is 14.9 Å². The highest BCUT2D eigenvalue weighted by Crippen LogP contribution is 2.16. The molecule has 0 aliphatic carbocycles. The maximum absolute atomic E-state index is 9.72. The summed E-state index contributed by atoms with van der Waals surface area (Å²) in [6.45, 7) is 5.16. The van der Waals surface area contributed by atoms with Gasteiger partial charge in [-0.15, -0.1) is 0 Å². The van der Waals surface area contributed by atoms with Crippen molar-refractivity contribution in [2.45, 2.75) is 32.5 Å². The normalized spacial score (nSPS) is 14.2. The minimum atomic E-state index is -0.543. The van der Waals surface area contributed by atoms with E-state index in [9.17, 15) is 5.11 Å². The van der Waals surface area contributed by atoms with E-state index in [2.05, 4.69) is 5.32 Å². The summed E-state index contributed by atoms with van der Waals surface area (Å²) >= 11 is 0. The Kier molecular flexibility index (Phi) is 6.72. The van der Waals surface area contributed by atoms with Gasteiger partial charge in [0.15, 0.2) is 0 Å². The Morgan fingerprint density at radius 3 is 2.67 bits per heavy atom. The zero-order valence-corrected chi connectivity index (χ0v) is 11.1. The highest BCUT2D eigenvalue weighted by Gasteiger charge is 2.06. The first-order valence-corrected chi connectivity index (χ1v) is 6.35. The SMILES string of the molecule is Cc1ccccc1OCC(O)CNCCC(C)O. The lowest BCUT2D eigenvalue weighted by Crippen LogP contribution is -2.32. The molecular formula is C14H23NO3. The lowest BCUT2D eigenvalue weighted by Gasteiger charge is -2.14. The summed E-state index contributed by atoms with van der Waals surface area (Å²) in [5, 5.41) is 21.9. The van der Waals surface area contributed by atoms with E-state index in [4.69, 9.17) is 9.84 Å². The third-order valence-corrected chi connectivity index (χ3v) is 2.64. The second-order valence-electron chi connectivity index (χ2n) is 4.57. The first-order chi connectivity index (χ1) is 8.59. The molecule has 18 heavy (non-hydrogen) atoms. The Hall–Kier alpha value is -1.10. The van der Waals surface area contributed by atoms with Crippen LogP contribution in [0, 0.1) is 6.92 Å². The molecule has 0 saturated carbocycles. The minimum Gasteiger partial charge on any atom is -0.491 e. The number of para-hydroxylation sites is 1. The van der Waals surface area contributed by atoms with E-state index in [1.54, 1.807) is 6.92 Å². The Bertz CT molecular complexity index is 342. The molecule has 0 fully saturated rings. The fourth-order valence-corrected chi connectivity index (χ4v) is 1.54. The van der Waals surface area contributed by atoms with Crippen LogP contribution in [0.15, 0.2) is 24.3 Å². The monoisotopic (exact) mass is 253 g/mol. The van der Waals surface area contributed by atoms with Crippen molar-refractivity contribution in [3.05, 3.63) is 29.8 Å². The molecule has 0 aliphatic rings. The molecule has 4 heteroatoms. The number of benzene rings is 1. The molecule has 1 rings (SSSR count). The fourth-order valence-electron chi connectivity index (χ4n) is 1.54. The number of aryl methyl sites for hydroxylation is 1. The van der Waals surface area contributed by atoms with Gasteiger partial charge in [-0.2, -0.15) is 0 Å². The summed E-state index contributed by atoms with van der Waals surface area (Å²) in [7, 11) is 0. The second kappa shape index (κ2) is 8.08. The van der Waals surface area contributed by atoms with Gasteiger partial charge in [-0.1, -0.05) is 18.2 Å². The molecule has 2 atom stereocenters. The van der Waals surface area contributed by atoms with Gasteiger partial charge in [-0.3, -0.25) is 0 Å². The maximum atomic E-state index is 9.72. The van der Waals surface area contributed by atoms with Crippen molar-refractivity contribution in [1.82, 2.24) is 5.32 Å². The summed E-state index contributed by atoms with van der Waals surface area (Å²) in [5.41, 5.74) is 1.06. The molecule has 0 saturated heterocycles. The van der Waals surface area contributed by atoms with E-state index in [0.717, 1.165) is 11.3 Å². The van der Waals surface area contributed by atoms with E-state index >= 15 is 0 Å². The topological polar surface area (TPSA) is 61.7 Å². The van der Waals surface area contributed by atoms with E-state index in [-0.39, 0.29) is 12.7 Å². The molecule has 3 N–H and O–H groups in total. The molecule has 1 aromatic rings. The summed E-state index contributed by atoms with van der Waals surface area (Å²) < 4.78 is 5.54. The molecule has 0 bridgehead atoms. The van der Waals surface area contributed by atoms with Crippen LogP contribution in [0.4, 0.5) is 0 Å². The largest absolute Gasteiger partial charge is 0.491 e. The highest BCUT2D eigenvalue weighted by molar-refractivity contribution is 5.31. The maximum Gasteiger partial charge on any atom is 0.122 e. The standard InChI is InChI=1S/C14H23NO3/c1-11-5-3-4-6-14(11)18-10-13(17)9-15-8-7-12(2)16/h3-6,12-13,15-17H,7-10H2,1-2H3. The molecule has 0 amide bonds. The van der Waals surface area contributed by atoms with Crippen LogP contribution in [0.25, 0.3) is 0 Å². The van der Waals surface area contributed by atoms with Crippen LogP contribution in [-0.2, 0) is 0 Å². The van der Waals surface area contributed by atoms with Crippen LogP contribution in [0.1, 0.15) is 18.9 Å². The van der Waals surface area contributed by atoms with Crippen LogP contribution in [-0.4, -0.2) is 42.1 Å². The van der Waals surface area contributed by atoms with Gasteiger partial charge in [-0.25, -0.2) is 0 Å². The van der Waals surface area contributed by atoms with Crippen molar-refractivity contribution in [2.75, 3.05) is 19.7 Å². The van der Waals surface area contributed by atoms with Crippen molar-refractivity contribution in [1.29, 1.82) is 0 Å². The molecule has 102 valence electrons. The lowest BCUT2D eigenvalue weighted by atomic mass is 10.2. The first-order valence-electron chi connectivity index (χ1n) is 6.35. The molecule has 4 nitrogen and oxygen atoms in total. The molecule has 0 spiro atoms. The van der Waals surface area contributed by atoms with Gasteiger partial charge >= 0.3 is 0 Å². The fraction of sp³-hybridized carbons (Fsp3) is 0.571. The van der Waals surface area contributed by atoms with Crippen LogP contribution >= 0.6 is 0 Å². The van der Waals surface area contributed by atoms with E-state index in [0.29, 0.717) is 19.5 Å². The number of aliphatic hydroxyl groups is 2. The second-order valence-corrected chi connectivity index (χ2v) is 4.57. The average Bonchev–Trinajstić information content (AvgIpc) is 2.33. The zero-order chi connectivity index (χ0) is 13.4. The summed E-state index contributed by atoms with van der Waals surface area (Å²) in [6.07, 6.45) is -0.165. The Morgan fingerprint density at radius 1 is 1.28 bits per heavy atom. The predicted molar refractivity (Wildman–Crippen MR) is 71.8 cm³/mol. The minimum absolute atomic E-state index is 0.270. The average molecular weight is 253 g/mol. The van der Waals surface area contributed by atoms with Crippen LogP contribution in [0.3, 0.4) is 0 Å². The number of ether oxygens (including phenoxy) is 1. The molecule has 0 aromatic heterocycles. The Labute approximate surface area is 109 Å². The van der Waals surface area contributed by atoms with Crippen molar-refractivity contribution in [2.24, 2.45) is 0 Å². The molecule has 0 aliphatic heterocycles. The van der Waals surface area contributed by atoms with Gasteiger partial charge < -0.3 is 20.3 Å². The van der Waals surface area contributed by atoms with Crippen LogP contribution < -0.4 is 10.1 Å². The number of aliphatic hydroxyl groups excluding tert-OH is 2. The smallest absolute Gasteiger partial charge is 0.122 e. The van der Waals surface area contributed by atoms with Gasteiger partial charge in [-0.05, 0) is 38.4 Å². The van der Waals surface area contributed by atoms with Crippen LogP contribution in [0.5, 0.6) is 5.75 Å². The zero-order valence-electron chi connectivity index (χ0n) is 11.1. The number of hydrogen-bond acceptors (Lipinski definition) is 4. The van der Waals surface area contributed by atoms with Gasteiger partial charge in [0.25, 0.3) is 0 Å². The quantitative estimate of drug-likeness (QED) is 0.607. The van der Waals surface area contributed by atoms with Crippen molar-refractivity contribution in [3.8, 4) is 5.75 Å². The highest BCUT2D eigenvalue weighted by atomic mass is 16.5. The van der Waals surface area contributed by atoms with Gasteiger partial charge in [0.05, 0.1) is 6.10 Å². The Morgan fingerprint density at radius 2 is 2.00 bits per heavy atom. The lowest BCUT2D eigenvalue weighted by molar-refractivity contribution is 0.104. The van der Waals surface area contributed by atoms with E-state index in [1.165, 1.54) is 0 Å². The van der Waals surface area contributed by atoms with E-state index in [1.807, 2.05) is 31.2 Å². The number of rotatable bonds is 8. The summed E-state index contributed by atoms with van der Waals surface area (Å²) in [5.74, 6) is 0.806. The van der Waals surface area contributed by atoms with Gasteiger partial charge in [0.2, 0.25) is 0 Å². The third kappa shape index (κ3) is 6.00. The van der Waals surface area contributed by atoms with Gasteiger partial charge in [0, 0.05) is 6.54 Å². The van der Waals surface area contributed by atoms with Crippen molar-refractivity contribution in [3.63, 3.8) is 0 Å². The molecule has 0 radical (unpaired) electrons. The third-order valence-electron chi connectivity index (χ3n) is 2.64. The van der Waals surface area contributed by atoms with Gasteiger partial charge in [0.1, 0.15) is 18.5 Å². The molecular weight excluding hydrogens is 230 g/mol. The Balaban J connectivity index is 2.17. The molecule has 2 unspecified atom stereocenters. The summed E-state index contributed by atoms with van der Waals surface area (Å²) in [4.78, 5) is 0. The predicted octanol–water partition coefficient (Wildman–Crippen LogP) is 1.10. The molecule has 1 aromatic carbocycles. The molecule has 0 heterocycles.